The molecule has 3 rings (SSSR count). The number of benzene rings is 1. The van der Waals surface area contributed by atoms with Crippen molar-refractivity contribution in [2.24, 2.45) is 0 Å². The van der Waals surface area contributed by atoms with Gasteiger partial charge in [0.25, 0.3) is 0 Å². The number of hydrogen-bond donors (Lipinski definition) is 0. The standard InChI is InChI=1S/C14H15N5S/c1-10-17-18-14(20-10)9-19(2)8-11-7-15-12-5-3-4-6-13(12)16-11/h3-7H,8-9H2,1-2H3. The zero-order valence-electron chi connectivity index (χ0n) is 11.4. The van der Waals surface area contributed by atoms with Crippen LogP contribution >= 0.6 is 11.3 Å². The summed E-state index contributed by atoms with van der Waals surface area (Å²) < 4.78 is 0. The van der Waals surface area contributed by atoms with Crippen LogP contribution in [-0.4, -0.2) is 32.1 Å². The average Bonchev–Trinajstić information content (AvgIpc) is 2.83. The van der Waals surface area contributed by atoms with Gasteiger partial charge in [0.2, 0.25) is 0 Å². The van der Waals surface area contributed by atoms with Crippen molar-refractivity contribution in [2.45, 2.75) is 20.0 Å². The first kappa shape index (κ1) is 13.1. The summed E-state index contributed by atoms with van der Waals surface area (Å²) in [5.74, 6) is 0. The lowest BCUT2D eigenvalue weighted by molar-refractivity contribution is 0.313. The van der Waals surface area contributed by atoms with Crippen LogP contribution in [0, 0.1) is 6.92 Å². The van der Waals surface area contributed by atoms with E-state index < -0.39 is 0 Å². The zero-order valence-corrected chi connectivity index (χ0v) is 12.3. The number of nitrogens with zero attached hydrogens (tertiary/aromatic N) is 5. The molecule has 2 heterocycles. The molecule has 3 aromatic rings. The lowest BCUT2D eigenvalue weighted by atomic mass is 10.3. The van der Waals surface area contributed by atoms with Gasteiger partial charge < -0.3 is 0 Å². The normalized spacial score (nSPS) is 11.3. The number of aryl methyl sites for hydroxylation is 1. The molecule has 6 heteroatoms. The molecule has 0 saturated carbocycles. The first-order valence-corrected chi connectivity index (χ1v) is 7.20. The molecule has 1 aromatic carbocycles. The van der Waals surface area contributed by atoms with E-state index in [-0.39, 0.29) is 0 Å². The van der Waals surface area contributed by atoms with Crippen molar-refractivity contribution in [3.8, 4) is 0 Å². The maximum atomic E-state index is 4.63. The molecule has 0 unspecified atom stereocenters. The molecule has 102 valence electrons. The maximum Gasteiger partial charge on any atom is 0.131 e. The molecule has 20 heavy (non-hydrogen) atoms. The fourth-order valence-corrected chi connectivity index (χ4v) is 2.83. The molecular weight excluding hydrogens is 270 g/mol. The summed E-state index contributed by atoms with van der Waals surface area (Å²) in [5.41, 5.74) is 2.83. The van der Waals surface area contributed by atoms with Crippen LogP contribution < -0.4 is 0 Å². The molecule has 0 aliphatic rings. The minimum absolute atomic E-state index is 0.746. The summed E-state index contributed by atoms with van der Waals surface area (Å²) >= 11 is 1.63. The monoisotopic (exact) mass is 285 g/mol. The lowest BCUT2D eigenvalue weighted by Gasteiger charge is -2.14. The van der Waals surface area contributed by atoms with Crippen LogP contribution in [0.25, 0.3) is 11.0 Å². The van der Waals surface area contributed by atoms with Gasteiger partial charge in [-0.3, -0.25) is 9.88 Å². The second kappa shape index (κ2) is 5.60. The van der Waals surface area contributed by atoms with Crippen LogP contribution in [0.1, 0.15) is 15.7 Å². The Labute approximate surface area is 121 Å². The SMILES string of the molecule is Cc1nnc(CN(C)Cc2cnc3ccccc3n2)s1. The third-order valence-electron chi connectivity index (χ3n) is 2.90. The van der Waals surface area contributed by atoms with E-state index in [0.717, 1.165) is 39.8 Å². The predicted molar refractivity (Wildman–Crippen MR) is 79.4 cm³/mol. The lowest BCUT2D eigenvalue weighted by Crippen LogP contribution is -2.18. The Morgan fingerprint density at radius 3 is 2.65 bits per heavy atom. The van der Waals surface area contributed by atoms with E-state index in [1.807, 2.05) is 44.4 Å². The van der Waals surface area contributed by atoms with Crippen LogP contribution in [0.3, 0.4) is 0 Å². The number of hydrogen-bond acceptors (Lipinski definition) is 6. The molecule has 0 amide bonds. The number of rotatable bonds is 4. The third kappa shape index (κ3) is 2.97. The van der Waals surface area contributed by atoms with Gasteiger partial charge in [-0.25, -0.2) is 4.98 Å². The molecule has 0 aliphatic heterocycles. The smallest absolute Gasteiger partial charge is 0.131 e. The summed E-state index contributed by atoms with van der Waals surface area (Å²) in [6.07, 6.45) is 1.84. The highest BCUT2D eigenvalue weighted by Crippen LogP contribution is 2.13. The minimum atomic E-state index is 0.746. The molecule has 0 fully saturated rings. The van der Waals surface area contributed by atoms with Crippen LogP contribution in [0.15, 0.2) is 30.5 Å². The Bertz CT molecular complexity index is 724. The Kier molecular flexibility index (Phi) is 3.66. The number of para-hydroxylation sites is 2. The molecule has 0 saturated heterocycles. The first-order chi connectivity index (χ1) is 9.70. The highest BCUT2D eigenvalue weighted by molar-refractivity contribution is 7.11. The highest BCUT2D eigenvalue weighted by atomic mass is 32.1. The van der Waals surface area contributed by atoms with Crippen molar-refractivity contribution in [1.82, 2.24) is 25.1 Å². The molecule has 0 bridgehead atoms. The van der Waals surface area contributed by atoms with Crippen LogP contribution in [0.4, 0.5) is 0 Å². The van der Waals surface area contributed by atoms with Crippen LogP contribution in [0.5, 0.6) is 0 Å². The molecule has 0 spiro atoms. The summed E-state index contributed by atoms with van der Waals surface area (Å²) in [4.78, 5) is 11.2. The fraction of sp³-hybridized carbons (Fsp3) is 0.286. The predicted octanol–water partition coefficient (Wildman–Crippen LogP) is 2.42. The van der Waals surface area contributed by atoms with E-state index in [0.29, 0.717) is 0 Å². The molecule has 0 radical (unpaired) electrons. The molecule has 0 atom stereocenters. The van der Waals surface area contributed by atoms with Crippen LogP contribution in [0.2, 0.25) is 0 Å². The molecule has 0 N–H and O–H groups in total. The number of fused-ring (bicyclic) bond motifs is 1. The minimum Gasteiger partial charge on any atom is -0.294 e. The Balaban J connectivity index is 1.72. The molecule has 0 aliphatic carbocycles. The van der Waals surface area contributed by atoms with E-state index in [1.165, 1.54) is 0 Å². The zero-order chi connectivity index (χ0) is 13.9. The quantitative estimate of drug-likeness (QED) is 0.737. The van der Waals surface area contributed by atoms with Crippen molar-refractivity contribution >= 4 is 22.4 Å². The van der Waals surface area contributed by atoms with E-state index in [4.69, 9.17) is 0 Å². The maximum absolute atomic E-state index is 4.63. The largest absolute Gasteiger partial charge is 0.294 e. The van der Waals surface area contributed by atoms with Gasteiger partial charge in [-0.2, -0.15) is 0 Å². The fourth-order valence-electron chi connectivity index (χ4n) is 2.04. The molecule has 5 nitrogen and oxygen atoms in total. The van der Waals surface area contributed by atoms with Gasteiger partial charge in [0.15, 0.2) is 0 Å². The topological polar surface area (TPSA) is 54.8 Å². The Morgan fingerprint density at radius 2 is 1.90 bits per heavy atom. The van der Waals surface area contributed by atoms with Crippen molar-refractivity contribution in [3.63, 3.8) is 0 Å². The molecule has 2 aromatic heterocycles. The van der Waals surface area contributed by atoms with Gasteiger partial charge in [-0.15, -0.1) is 21.5 Å². The first-order valence-electron chi connectivity index (χ1n) is 6.39. The van der Waals surface area contributed by atoms with Crippen molar-refractivity contribution in [2.75, 3.05) is 7.05 Å². The summed E-state index contributed by atoms with van der Waals surface area (Å²) in [6.45, 7) is 3.49. The summed E-state index contributed by atoms with van der Waals surface area (Å²) in [7, 11) is 2.05. The van der Waals surface area contributed by atoms with Gasteiger partial charge in [0.1, 0.15) is 10.0 Å². The second-order valence-electron chi connectivity index (χ2n) is 4.74. The van der Waals surface area contributed by atoms with E-state index >= 15 is 0 Å². The van der Waals surface area contributed by atoms with Crippen LogP contribution in [-0.2, 0) is 13.1 Å². The van der Waals surface area contributed by atoms with Crippen molar-refractivity contribution in [1.29, 1.82) is 0 Å². The van der Waals surface area contributed by atoms with E-state index in [9.17, 15) is 0 Å². The second-order valence-corrected chi connectivity index (χ2v) is 6.00. The molecular formula is C14H15N5S. The van der Waals surface area contributed by atoms with Crippen molar-refractivity contribution < 1.29 is 0 Å². The van der Waals surface area contributed by atoms with Gasteiger partial charge in [0, 0.05) is 6.54 Å². The average molecular weight is 285 g/mol. The summed E-state index contributed by atoms with van der Waals surface area (Å²) in [6, 6.07) is 7.91. The van der Waals surface area contributed by atoms with E-state index in [2.05, 4.69) is 25.1 Å². The van der Waals surface area contributed by atoms with Gasteiger partial charge in [-0.1, -0.05) is 12.1 Å². The highest BCUT2D eigenvalue weighted by Gasteiger charge is 2.07. The Morgan fingerprint density at radius 1 is 1.10 bits per heavy atom. The number of aromatic nitrogens is 4. The van der Waals surface area contributed by atoms with Crippen molar-refractivity contribution in [3.05, 3.63) is 46.2 Å². The van der Waals surface area contributed by atoms with Gasteiger partial charge in [-0.05, 0) is 26.1 Å². The summed E-state index contributed by atoms with van der Waals surface area (Å²) in [5, 5.41) is 10.2. The van der Waals surface area contributed by atoms with Gasteiger partial charge >= 0.3 is 0 Å². The van der Waals surface area contributed by atoms with E-state index in [1.54, 1.807) is 11.3 Å². The van der Waals surface area contributed by atoms with Gasteiger partial charge in [0.05, 0.1) is 29.5 Å². The Hall–Kier alpha value is -1.92. The third-order valence-corrected chi connectivity index (χ3v) is 3.73.